The van der Waals surface area contributed by atoms with Crippen molar-refractivity contribution < 1.29 is 32.6 Å². The molecule has 1 aliphatic heterocycles. The Labute approximate surface area is 259 Å². The Morgan fingerprint density at radius 3 is 2.20 bits per heavy atom. The molecule has 0 unspecified atom stereocenters. The zero-order chi connectivity index (χ0) is 32.2. The maximum Gasteiger partial charge on any atom is 0.300 e. The molecule has 44 heavy (non-hydrogen) atoms. The standard InChI is InChI=1S/C32H36N2O5S.C2H4O2/c1-3-25-9-11-27(12-10-25)28-8-4-6-26(24-28)7-5-22-39-29-13-15-30(16-14-29)40(36,37)32(31(33)35)17-19-34(20-18-32)21-23-38-2;1-2(3)4/h1,4,6,8-16,24H,5,7,17-23H2,2H3,(H2,33,35);1H3,(H,3,4). The van der Waals surface area contributed by atoms with Gasteiger partial charge < -0.3 is 25.2 Å². The Kier molecular flexibility index (Phi) is 12.5. The molecular weight excluding hydrogens is 580 g/mol. The SMILES string of the molecule is C#Cc1ccc(-c2cccc(CCCOc3ccc(S(=O)(=O)C4(C(N)=O)CCN(CCOC)CC4)cc3)c2)cc1.CC(=O)O. The number of rotatable bonds is 12. The number of carboxylic acid groups (broad SMARTS) is 1. The number of benzene rings is 3. The van der Waals surface area contributed by atoms with Crippen LogP contribution < -0.4 is 10.5 Å². The van der Waals surface area contributed by atoms with Gasteiger partial charge in [0, 0.05) is 39.2 Å². The average molecular weight is 621 g/mol. The van der Waals surface area contributed by atoms with Gasteiger partial charge in [-0.05, 0) is 78.8 Å². The van der Waals surface area contributed by atoms with Crippen LogP contribution in [0.25, 0.3) is 11.1 Å². The van der Waals surface area contributed by atoms with Gasteiger partial charge in [0.25, 0.3) is 5.97 Å². The van der Waals surface area contributed by atoms with Crippen molar-refractivity contribution in [1.82, 2.24) is 4.90 Å². The summed E-state index contributed by atoms with van der Waals surface area (Å²) in [7, 11) is -2.35. The summed E-state index contributed by atoms with van der Waals surface area (Å²) in [5.74, 6) is 1.58. The van der Waals surface area contributed by atoms with Gasteiger partial charge >= 0.3 is 0 Å². The lowest BCUT2D eigenvalue weighted by Gasteiger charge is -2.38. The molecule has 0 spiro atoms. The predicted octanol–water partition coefficient (Wildman–Crippen LogP) is 4.18. The lowest BCUT2D eigenvalue weighted by atomic mass is 9.95. The van der Waals surface area contributed by atoms with Crippen molar-refractivity contribution in [3.8, 4) is 29.2 Å². The number of aryl methyl sites for hydroxylation is 1. The van der Waals surface area contributed by atoms with Gasteiger partial charge in [0.15, 0.2) is 14.6 Å². The van der Waals surface area contributed by atoms with Crippen molar-refractivity contribution in [3.63, 3.8) is 0 Å². The number of primary amides is 1. The maximum absolute atomic E-state index is 13.6. The van der Waals surface area contributed by atoms with Gasteiger partial charge in [0.05, 0.1) is 18.1 Å². The molecule has 1 amide bonds. The molecule has 0 aliphatic carbocycles. The summed E-state index contributed by atoms with van der Waals surface area (Å²) >= 11 is 0. The number of amides is 1. The number of nitrogens with two attached hydrogens (primary N) is 1. The molecule has 1 fully saturated rings. The number of hydrogen-bond donors (Lipinski definition) is 2. The molecule has 9 nitrogen and oxygen atoms in total. The van der Waals surface area contributed by atoms with Crippen molar-refractivity contribution in [3.05, 3.63) is 83.9 Å². The molecule has 0 atom stereocenters. The largest absolute Gasteiger partial charge is 0.494 e. The smallest absolute Gasteiger partial charge is 0.300 e. The third-order valence-corrected chi connectivity index (χ3v) is 10.1. The third kappa shape index (κ3) is 8.92. The minimum Gasteiger partial charge on any atom is -0.494 e. The Balaban J connectivity index is 0.00000124. The number of terminal acetylenes is 1. The third-order valence-electron chi connectivity index (χ3n) is 7.56. The molecule has 3 N–H and O–H groups in total. The molecule has 234 valence electrons. The second-order valence-corrected chi connectivity index (χ2v) is 12.8. The van der Waals surface area contributed by atoms with Gasteiger partial charge in [0.2, 0.25) is 5.91 Å². The van der Waals surface area contributed by atoms with Crippen molar-refractivity contribution in [2.75, 3.05) is 40.0 Å². The van der Waals surface area contributed by atoms with E-state index in [9.17, 15) is 13.2 Å². The fourth-order valence-corrected chi connectivity index (χ4v) is 7.01. The zero-order valence-corrected chi connectivity index (χ0v) is 26.0. The van der Waals surface area contributed by atoms with Crippen LogP contribution in [0.2, 0.25) is 0 Å². The van der Waals surface area contributed by atoms with Crippen LogP contribution in [0.4, 0.5) is 0 Å². The minimum atomic E-state index is -3.97. The fraction of sp³-hybridized carbons (Fsp3) is 0.353. The highest BCUT2D eigenvalue weighted by molar-refractivity contribution is 7.93. The van der Waals surface area contributed by atoms with Crippen LogP contribution in [0.3, 0.4) is 0 Å². The lowest BCUT2D eigenvalue weighted by molar-refractivity contribution is -0.134. The highest BCUT2D eigenvalue weighted by atomic mass is 32.2. The summed E-state index contributed by atoms with van der Waals surface area (Å²) in [6.07, 6.45) is 7.40. The van der Waals surface area contributed by atoms with Crippen LogP contribution in [-0.2, 0) is 30.6 Å². The van der Waals surface area contributed by atoms with E-state index in [-0.39, 0.29) is 17.7 Å². The molecular formula is C34H40N2O7S. The number of piperidine rings is 1. The number of carbonyl (C=O) groups is 2. The number of ether oxygens (including phenoxy) is 2. The first-order valence-corrected chi connectivity index (χ1v) is 15.8. The van der Waals surface area contributed by atoms with E-state index in [0.29, 0.717) is 38.6 Å². The maximum atomic E-state index is 13.6. The van der Waals surface area contributed by atoms with Crippen molar-refractivity contribution >= 4 is 21.7 Å². The Hall–Kier alpha value is -4.17. The second kappa shape index (κ2) is 16.1. The van der Waals surface area contributed by atoms with Crippen LogP contribution in [0.15, 0.2) is 77.7 Å². The molecule has 1 heterocycles. The number of likely N-dealkylation sites (tertiary alicyclic amines) is 1. The number of nitrogens with zero attached hydrogens (tertiary/aromatic N) is 1. The first-order valence-electron chi connectivity index (χ1n) is 14.4. The highest BCUT2D eigenvalue weighted by Crippen LogP contribution is 2.36. The summed E-state index contributed by atoms with van der Waals surface area (Å²) in [4.78, 5) is 23.6. The first kappa shape index (κ1) is 34.3. The topological polar surface area (TPSA) is 136 Å². The van der Waals surface area contributed by atoms with E-state index in [1.165, 1.54) is 17.7 Å². The zero-order valence-electron chi connectivity index (χ0n) is 25.2. The molecule has 0 aromatic heterocycles. The number of methoxy groups -OCH3 is 1. The summed E-state index contributed by atoms with van der Waals surface area (Å²) in [5.41, 5.74) is 9.99. The Morgan fingerprint density at radius 1 is 1.00 bits per heavy atom. The van der Waals surface area contributed by atoms with E-state index in [2.05, 4.69) is 29.0 Å². The van der Waals surface area contributed by atoms with E-state index in [1.54, 1.807) is 19.2 Å². The number of aliphatic carboxylic acids is 1. The van der Waals surface area contributed by atoms with E-state index in [1.807, 2.05) is 30.3 Å². The predicted molar refractivity (Wildman–Crippen MR) is 170 cm³/mol. The molecule has 10 heteroatoms. The van der Waals surface area contributed by atoms with Gasteiger partial charge in [-0.25, -0.2) is 8.42 Å². The molecule has 4 rings (SSSR count). The molecule has 1 aliphatic rings. The van der Waals surface area contributed by atoms with Gasteiger partial charge in [-0.1, -0.05) is 42.3 Å². The van der Waals surface area contributed by atoms with Crippen LogP contribution in [-0.4, -0.2) is 75.0 Å². The van der Waals surface area contributed by atoms with E-state index >= 15 is 0 Å². The van der Waals surface area contributed by atoms with Crippen LogP contribution in [0.1, 0.15) is 37.3 Å². The normalized spacial score (nSPS) is 14.5. The van der Waals surface area contributed by atoms with Crippen LogP contribution in [0, 0.1) is 12.3 Å². The van der Waals surface area contributed by atoms with Crippen molar-refractivity contribution in [2.24, 2.45) is 5.73 Å². The monoisotopic (exact) mass is 620 g/mol. The van der Waals surface area contributed by atoms with E-state index in [0.717, 1.165) is 36.5 Å². The van der Waals surface area contributed by atoms with Crippen LogP contribution in [0.5, 0.6) is 5.75 Å². The Bertz CT molecular complexity index is 1530. The van der Waals surface area contributed by atoms with Gasteiger partial charge in [0.1, 0.15) is 5.75 Å². The van der Waals surface area contributed by atoms with Gasteiger partial charge in [-0.3, -0.25) is 9.59 Å². The number of hydrogen-bond acceptors (Lipinski definition) is 7. The summed E-state index contributed by atoms with van der Waals surface area (Å²) in [5, 5.41) is 7.42. The van der Waals surface area contributed by atoms with Crippen molar-refractivity contribution in [2.45, 2.75) is 42.2 Å². The molecule has 0 saturated carbocycles. The molecule has 0 radical (unpaired) electrons. The average Bonchev–Trinajstić information content (AvgIpc) is 3.02. The highest BCUT2D eigenvalue weighted by Gasteiger charge is 2.51. The summed E-state index contributed by atoms with van der Waals surface area (Å²) in [6, 6.07) is 22.6. The second-order valence-electron chi connectivity index (χ2n) is 10.6. The van der Waals surface area contributed by atoms with Gasteiger partial charge in [-0.2, -0.15) is 0 Å². The van der Waals surface area contributed by atoms with Gasteiger partial charge in [-0.15, -0.1) is 6.42 Å². The summed E-state index contributed by atoms with van der Waals surface area (Å²) < 4.78 is 36.5. The quantitative estimate of drug-likeness (QED) is 0.227. The first-order chi connectivity index (χ1) is 21.0. The lowest BCUT2D eigenvalue weighted by Crippen LogP contribution is -2.57. The summed E-state index contributed by atoms with van der Waals surface area (Å²) in [6.45, 7) is 3.73. The minimum absolute atomic E-state index is 0.0797. The fourth-order valence-electron chi connectivity index (χ4n) is 5.08. The number of carboxylic acids is 1. The molecule has 3 aromatic carbocycles. The van der Waals surface area contributed by atoms with Crippen LogP contribution >= 0.6 is 0 Å². The molecule has 0 bridgehead atoms. The number of sulfone groups is 1. The van der Waals surface area contributed by atoms with E-state index in [4.69, 9.17) is 31.5 Å². The molecule has 3 aromatic rings. The Morgan fingerprint density at radius 2 is 1.64 bits per heavy atom. The van der Waals surface area contributed by atoms with Crippen molar-refractivity contribution in [1.29, 1.82) is 0 Å². The number of carbonyl (C=O) groups excluding carboxylic acids is 1. The van der Waals surface area contributed by atoms with E-state index < -0.39 is 26.5 Å². The molecule has 1 saturated heterocycles.